The number of benzene rings is 1. The first-order valence-electron chi connectivity index (χ1n) is 10.5. The molecular weight excluding hydrogens is 390 g/mol. The maximum atomic E-state index is 4.61. The predicted molar refractivity (Wildman–Crippen MR) is 123 cm³/mol. The number of hydrogen-bond acceptors (Lipinski definition) is 5. The Bertz CT molecular complexity index is 996. The lowest BCUT2D eigenvalue weighted by molar-refractivity contribution is 0.229. The van der Waals surface area contributed by atoms with Crippen LogP contribution in [0.3, 0.4) is 0 Å². The molecule has 4 rings (SSSR count). The van der Waals surface area contributed by atoms with Crippen LogP contribution >= 0.6 is 11.8 Å². The van der Waals surface area contributed by atoms with E-state index in [4.69, 9.17) is 0 Å². The van der Waals surface area contributed by atoms with Crippen molar-refractivity contribution in [2.45, 2.75) is 70.7 Å². The number of thioether (sulfide) groups is 1. The third-order valence-corrected chi connectivity index (χ3v) is 6.52. The van der Waals surface area contributed by atoms with E-state index in [1.54, 1.807) is 11.8 Å². The van der Waals surface area contributed by atoms with Crippen LogP contribution in [0.2, 0.25) is 0 Å². The minimum atomic E-state index is 0.0700. The van der Waals surface area contributed by atoms with E-state index in [-0.39, 0.29) is 10.8 Å². The second-order valence-corrected chi connectivity index (χ2v) is 11.0. The van der Waals surface area contributed by atoms with Crippen molar-refractivity contribution in [1.29, 1.82) is 0 Å². The van der Waals surface area contributed by atoms with Gasteiger partial charge in [0.1, 0.15) is 0 Å². The molecule has 0 bridgehead atoms. The van der Waals surface area contributed by atoms with Gasteiger partial charge in [0.05, 0.1) is 18.2 Å². The van der Waals surface area contributed by atoms with Crippen LogP contribution in [0, 0.1) is 0 Å². The van der Waals surface area contributed by atoms with Crippen LogP contribution in [0.25, 0.3) is 11.4 Å². The summed E-state index contributed by atoms with van der Waals surface area (Å²) in [5.41, 5.74) is 5.03. The van der Waals surface area contributed by atoms with Crippen LogP contribution in [0.5, 0.6) is 0 Å². The van der Waals surface area contributed by atoms with Crippen molar-refractivity contribution >= 4 is 11.8 Å². The predicted octanol–water partition coefficient (Wildman–Crippen LogP) is 5.46. The van der Waals surface area contributed by atoms with Crippen molar-refractivity contribution in [3.8, 4) is 11.4 Å². The molecule has 0 saturated carbocycles. The molecule has 0 fully saturated rings. The van der Waals surface area contributed by atoms with E-state index in [0.29, 0.717) is 0 Å². The Morgan fingerprint density at radius 2 is 1.63 bits per heavy atom. The van der Waals surface area contributed by atoms with Crippen molar-refractivity contribution < 1.29 is 0 Å². The summed E-state index contributed by atoms with van der Waals surface area (Å²) >= 11 is 1.74. The first kappa shape index (κ1) is 21.1. The van der Waals surface area contributed by atoms with Crippen molar-refractivity contribution in [3.63, 3.8) is 0 Å². The molecule has 30 heavy (non-hydrogen) atoms. The fourth-order valence-corrected chi connectivity index (χ4v) is 4.44. The zero-order valence-electron chi connectivity index (χ0n) is 18.8. The van der Waals surface area contributed by atoms with E-state index in [1.165, 1.54) is 11.1 Å². The van der Waals surface area contributed by atoms with Gasteiger partial charge in [0, 0.05) is 18.3 Å². The average Bonchev–Trinajstić information content (AvgIpc) is 3.10. The molecule has 6 heteroatoms. The smallest absolute Gasteiger partial charge is 0.193 e. The third kappa shape index (κ3) is 4.44. The Morgan fingerprint density at radius 1 is 0.933 bits per heavy atom. The molecule has 0 spiro atoms. The summed E-state index contributed by atoms with van der Waals surface area (Å²) in [5.74, 6) is 1.84. The molecule has 0 unspecified atom stereocenters. The molecule has 3 heterocycles. The third-order valence-electron chi connectivity index (χ3n) is 5.47. The Balaban J connectivity index is 1.71. The van der Waals surface area contributed by atoms with E-state index in [2.05, 4.69) is 90.5 Å². The van der Waals surface area contributed by atoms with Gasteiger partial charge in [0.25, 0.3) is 0 Å². The van der Waals surface area contributed by atoms with Gasteiger partial charge >= 0.3 is 0 Å². The van der Waals surface area contributed by atoms with Crippen LogP contribution in [-0.2, 0) is 24.0 Å². The molecular formula is C24H31N5S. The highest BCUT2D eigenvalue weighted by atomic mass is 32.2. The van der Waals surface area contributed by atoms with Gasteiger partial charge in [0.2, 0.25) is 0 Å². The van der Waals surface area contributed by atoms with E-state index in [9.17, 15) is 0 Å². The molecule has 0 saturated heterocycles. The highest BCUT2D eigenvalue weighted by molar-refractivity contribution is 7.99. The fraction of sp³-hybridized carbons (Fsp3) is 0.458. The number of pyridine rings is 1. The Morgan fingerprint density at radius 3 is 2.23 bits per heavy atom. The van der Waals surface area contributed by atoms with E-state index >= 15 is 0 Å². The normalized spacial score (nSPS) is 15.3. The van der Waals surface area contributed by atoms with Crippen LogP contribution in [0.4, 0.5) is 0 Å². The van der Waals surface area contributed by atoms with Gasteiger partial charge in [-0.3, -0.25) is 14.5 Å². The molecule has 1 aliphatic rings. The molecule has 0 atom stereocenters. The monoisotopic (exact) mass is 421 g/mol. The van der Waals surface area contributed by atoms with E-state index < -0.39 is 0 Å². The molecule has 0 N–H and O–H groups in total. The summed E-state index contributed by atoms with van der Waals surface area (Å²) in [4.78, 5) is 6.86. The summed E-state index contributed by atoms with van der Waals surface area (Å²) in [6.07, 6.45) is 1.86. The number of hydrogen-bond donors (Lipinski definition) is 0. The molecule has 3 aromatic rings. The van der Waals surface area contributed by atoms with Gasteiger partial charge in [0.15, 0.2) is 11.0 Å². The molecule has 158 valence electrons. The zero-order chi connectivity index (χ0) is 21.5. The average molecular weight is 422 g/mol. The van der Waals surface area contributed by atoms with Gasteiger partial charge < -0.3 is 0 Å². The van der Waals surface area contributed by atoms with Crippen LogP contribution in [0.1, 0.15) is 58.4 Å². The Labute approximate surface area is 183 Å². The first-order valence-corrected chi connectivity index (χ1v) is 11.4. The van der Waals surface area contributed by atoms with Gasteiger partial charge in [-0.2, -0.15) is 0 Å². The lowest BCUT2D eigenvalue weighted by atomic mass is 9.79. The highest BCUT2D eigenvalue weighted by Gasteiger charge is 2.26. The largest absolute Gasteiger partial charge is 0.288 e. The molecule has 2 aromatic heterocycles. The molecule has 0 radical (unpaired) electrons. The van der Waals surface area contributed by atoms with Crippen molar-refractivity contribution in [2.75, 3.05) is 5.88 Å². The molecule has 0 aliphatic carbocycles. The zero-order valence-corrected chi connectivity index (χ0v) is 19.6. The van der Waals surface area contributed by atoms with Crippen LogP contribution in [-0.4, -0.2) is 30.5 Å². The Kier molecular flexibility index (Phi) is 5.49. The number of fused-ring (bicyclic) bond motifs is 1. The Hall–Kier alpha value is -2.18. The van der Waals surface area contributed by atoms with E-state index in [1.807, 2.05) is 18.3 Å². The molecule has 5 nitrogen and oxygen atoms in total. The lowest BCUT2D eigenvalue weighted by Gasteiger charge is -2.28. The fourth-order valence-electron chi connectivity index (χ4n) is 3.57. The van der Waals surface area contributed by atoms with Crippen LogP contribution < -0.4 is 0 Å². The standard InChI is InChI=1S/C24H31N5S/c1-23(2,3)18-11-17(12-19(13-18)24(4,5)6)21-26-27-22-29(21)15-28(16-30-22)14-20-9-7-8-10-25-20/h7-13H,14-16H2,1-6H3. The van der Waals surface area contributed by atoms with Gasteiger partial charge in [-0.05, 0) is 46.2 Å². The topological polar surface area (TPSA) is 46.8 Å². The number of rotatable bonds is 3. The minimum Gasteiger partial charge on any atom is -0.288 e. The number of aromatic nitrogens is 4. The minimum absolute atomic E-state index is 0.0700. The quantitative estimate of drug-likeness (QED) is 0.562. The summed E-state index contributed by atoms with van der Waals surface area (Å²) < 4.78 is 2.24. The van der Waals surface area contributed by atoms with Gasteiger partial charge in [-0.1, -0.05) is 65.4 Å². The summed E-state index contributed by atoms with van der Waals surface area (Å²) in [6, 6.07) is 13.0. The molecule has 1 aliphatic heterocycles. The summed E-state index contributed by atoms with van der Waals surface area (Å²) in [6.45, 7) is 15.2. The van der Waals surface area contributed by atoms with Crippen LogP contribution in [0.15, 0.2) is 47.8 Å². The second kappa shape index (κ2) is 7.82. The lowest BCUT2D eigenvalue weighted by Crippen LogP contribution is -2.30. The van der Waals surface area contributed by atoms with Crippen molar-refractivity contribution in [3.05, 3.63) is 59.4 Å². The first-order chi connectivity index (χ1) is 14.1. The summed E-state index contributed by atoms with van der Waals surface area (Å²) in [5, 5.41) is 10.1. The van der Waals surface area contributed by atoms with Gasteiger partial charge in [-0.25, -0.2) is 0 Å². The van der Waals surface area contributed by atoms with Gasteiger partial charge in [-0.15, -0.1) is 10.2 Å². The van der Waals surface area contributed by atoms with Crippen molar-refractivity contribution in [2.24, 2.45) is 0 Å². The second-order valence-electron chi connectivity index (χ2n) is 10.1. The maximum Gasteiger partial charge on any atom is 0.193 e. The van der Waals surface area contributed by atoms with Crippen molar-refractivity contribution in [1.82, 2.24) is 24.6 Å². The molecule has 1 aromatic carbocycles. The summed E-state index contributed by atoms with van der Waals surface area (Å²) in [7, 11) is 0. The van der Waals surface area contributed by atoms with E-state index in [0.717, 1.165) is 41.3 Å². The highest BCUT2D eigenvalue weighted by Crippen LogP contribution is 2.35. The molecule has 0 amide bonds. The number of nitrogens with zero attached hydrogens (tertiary/aromatic N) is 5. The SMILES string of the molecule is CC(C)(C)c1cc(-c2nnc3n2CN(Cc2ccccn2)CS3)cc(C(C)(C)C)c1. The maximum absolute atomic E-state index is 4.61.